The summed E-state index contributed by atoms with van der Waals surface area (Å²) in [5.74, 6) is 0.0690. The minimum absolute atomic E-state index is 0.00371. The Balaban J connectivity index is 1.35. The molecule has 0 saturated carbocycles. The van der Waals surface area contributed by atoms with Gasteiger partial charge in [-0.05, 0) is 24.8 Å². The van der Waals surface area contributed by atoms with E-state index >= 15 is 0 Å². The smallest absolute Gasteiger partial charge is 0.220 e. The fourth-order valence-corrected chi connectivity index (χ4v) is 4.74. The van der Waals surface area contributed by atoms with Crippen molar-refractivity contribution in [3.05, 3.63) is 76.6 Å². The average molecular weight is 420 g/mol. The van der Waals surface area contributed by atoms with Crippen LogP contribution in [0, 0.1) is 0 Å². The minimum Gasteiger partial charge on any atom is -0.351 e. The normalized spacial score (nSPS) is 18.2. The maximum absolute atomic E-state index is 12.6. The molecule has 2 amide bonds. The summed E-state index contributed by atoms with van der Waals surface area (Å²) in [6.07, 6.45) is 3.05. The summed E-state index contributed by atoms with van der Waals surface area (Å²) in [4.78, 5) is 30.0. The average Bonchev–Trinajstić information content (AvgIpc) is 3.39. The highest BCUT2D eigenvalue weighted by molar-refractivity contribution is 7.10. The van der Waals surface area contributed by atoms with Crippen LogP contribution < -0.4 is 10.6 Å². The number of hydrogen-bond acceptors (Lipinski definition) is 4. The Hall–Kier alpha value is -2.99. The Bertz CT molecular complexity index is 1000. The molecule has 0 spiro atoms. The Morgan fingerprint density at radius 3 is 2.53 bits per heavy atom. The zero-order chi connectivity index (χ0) is 20.8. The van der Waals surface area contributed by atoms with Gasteiger partial charge in [-0.25, -0.2) is 4.98 Å². The molecule has 1 saturated heterocycles. The number of amides is 2. The van der Waals surface area contributed by atoms with Crippen LogP contribution in [0.4, 0.5) is 0 Å². The van der Waals surface area contributed by atoms with Crippen LogP contribution in [0.5, 0.6) is 0 Å². The first-order chi connectivity index (χ1) is 14.6. The Morgan fingerprint density at radius 2 is 1.83 bits per heavy atom. The maximum Gasteiger partial charge on any atom is 0.220 e. The molecule has 6 heteroatoms. The van der Waals surface area contributed by atoms with Crippen molar-refractivity contribution in [1.82, 2.24) is 15.6 Å². The summed E-state index contributed by atoms with van der Waals surface area (Å²) in [5.41, 5.74) is 4.63. The zero-order valence-corrected chi connectivity index (χ0v) is 17.6. The van der Waals surface area contributed by atoms with E-state index in [4.69, 9.17) is 0 Å². The molecule has 2 N–H and O–H groups in total. The van der Waals surface area contributed by atoms with Crippen LogP contribution in [0.25, 0.3) is 11.3 Å². The summed E-state index contributed by atoms with van der Waals surface area (Å²) in [7, 11) is 0. The molecule has 154 valence electrons. The van der Waals surface area contributed by atoms with Crippen molar-refractivity contribution in [1.29, 1.82) is 0 Å². The number of benzene rings is 2. The van der Waals surface area contributed by atoms with Crippen molar-refractivity contribution in [2.75, 3.05) is 0 Å². The van der Waals surface area contributed by atoms with Crippen molar-refractivity contribution in [3.63, 3.8) is 0 Å². The zero-order valence-electron chi connectivity index (χ0n) is 16.8. The van der Waals surface area contributed by atoms with E-state index in [1.165, 1.54) is 5.56 Å². The van der Waals surface area contributed by atoms with Gasteiger partial charge in [0.25, 0.3) is 0 Å². The van der Waals surface area contributed by atoms with Gasteiger partial charge in [0, 0.05) is 23.9 Å². The van der Waals surface area contributed by atoms with E-state index in [2.05, 4.69) is 27.8 Å². The van der Waals surface area contributed by atoms with E-state index in [1.54, 1.807) is 11.3 Å². The predicted octanol–water partition coefficient (Wildman–Crippen LogP) is 4.10. The van der Waals surface area contributed by atoms with Gasteiger partial charge in [0.1, 0.15) is 0 Å². The lowest BCUT2D eigenvalue weighted by molar-refractivity contribution is -0.122. The lowest BCUT2D eigenvalue weighted by Gasteiger charge is -2.29. The van der Waals surface area contributed by atoms with E-state index in [0.717, 1.165) is 29.0 Å². The number of rotatable bonds is 8. The second kappa shape index (κ2) is 9.22. The molecule has 1 fully saturated rings. The van der Waals surface area contributed by atoms with Gasteiger partial charge in [-0.2, -0.15) is 0 Å². The molecule has 2 aromatic carbocycles. The van der Waals surface area contributed by atoms with Crippen LogP contribution in [0.15, 0.2) is 66.2 Å². The highest BCUT2D eigenvalue weighted by atomic mass is 32.1. The van der Waals surface area contributed by atoms with Crippen LogP contribution in [0.1, 0.15) is 36.1 Å². The van der Waals surface area contributed by atoms with Crippen LogP contribution >= 0.6 is 11.3 Å². The first-order valence-corrected chi connectivity index (χ1v) is 11.1. The largest absolute Gasteiger partial charge is 0.351 e. The molecule has 0 bridgehead atoms. The molecule has 0 aliphatic carbocycles. The molecule has 3 aromatic rings. The van der Waals surface area contributed by atoms with Gasteiger partial charge in [0.15, 0.2) is 0 Å². The van der Waals surface area contributed by atoms with E-state index in [1.807, 2.05) is 54.0 Å². The lowest BCUT2D eigenvalue weighted by Crippen LogP contribution is -2.44. The number of carbonyl (C=O) groups excluding carboxylic acids is 2. The van der Waals surface area contributed by atoms with E-state index in [-0.39, 0.29) is 17.4 Å². The molecule has 1 aromatic heterocycles. The van der Waals surface area contributed by atoms with Gasteiger partial charge in [0.2, 0.25) is 11.8 Å². The monoisotopic (exact) mass is 419 g/mol. The van der Waals surface area contributed by atoms with Crippen molar-refractivity contribution >= 4 is 23.2 Å². The lowest BCUT2D eigenvalue weighted by atomic mass is 9.85. The first kappa shape index (κ1) is 20.3. The van der Waals surface area contributed by atoms with Crippen molar-refractivity contribution in [3.8, 4) is 11.3 Å². The highest BCUT2D eigenvalue weighted by Crippen LogP contribution is 2.30. The van der Waals surface area contributed by atoms with Crippen molar-refractivity contribution in [2.24, 2.45) is 0 Å². The number of thiazole rings is 1. The molecular formula is C24H25N3O2S. The molecule has 5 nitrogen and oxygen atoms in total. The Labute approximate surface area is 180 Å². The maximum atomic E-state index is 12.6. The van der Waals surface area contributed by atoms with Gasteiger partial charge in [-0.1, -0.05) is 60.7 Å². The molecule has 1 aliphatic heterocycles. The van der Waals surface area contributed by atoms with E-state index < -0.39 is 0 Å². The van der Waals surface area contributed by atoms with Gasteiger partial charge >= 0.3 is 0 Å². The van der Waals surface area contributed by atoms with Crippen molar-refractivity contribution < 1.29 is 9.59 Å². The SMILES string of the molecule is O=C(CCC1(Cc2ccccc2)CCC(=O)N1)NCc1scnc1-c1ccccc1. The van der Waals surface area contributed by atoms with Crippen LogP contribution in [0.3, 0.4) is 0 Å². The predicted molar refractivity (Wildman–Crippen MR) is 119 cm³/mol. The summed E-state index contributed by atoms with van der Waals surface area (Å²) in [6, 6.07) is 20.1. The van der Waals surface area contributed by atoms with Gasteiger partial charge in [-0.15, -0.1) is 11.3 Å². The van der Waals surface area contributed by atoms with Gasteiger partial charge in [0.05, 0.1) is 22.6 Å². The fraction of sp³-hybridized carbons (Fsp3) is 0.292. The molecule has 1 atom stereocenters. The molecular weight excluding hydrogens is 394 g/mol. The van der Waals surface area contributed by atoms with E-state index in [9.17, 15) is 9.59 Å². The summed E-state index contributed by atoms with van der Waals surface area (Å²) in [6.45, 7) is 0.464. The van der Waals surface area contributed by atoms with E-state index in [0.29, 0.717) is 25.8 Å². The molecule has 4 rings (SSSR count). The van der Waals surface area contributed by atoms with Crippen molar-refractivity contribution in [2.45, 2.75) is 44.2 Å². The number of aromatic nitrogens is 1. The van der Waals surface area contributed by atoms with Gasteiger partial charge in [-0.3, -0.25) is 9.59 Å². The number of hydrogen-bond donors (Lipinski definition) is 2. The Morgan fingerprint density at radius 1 is 1.10 bits per heavy atom. The third-order valence-corrected chi connectivity index (χ3v) is 6.42. The fourth-order valence-electron chi connectivity index (χ4n) is 4.02. The van der Waals surface area contributed by atoms with Gasteiger partial charge < -0.3 is 10.6 Å². The summed E-state index contributed by atoms with van der Waals surface area (Å²) < 4.78 is 0. The van der Waals surface area contributed by atoms with Crippen LogP contribution in [0.2, 0.25) is 0 Å². The summed E-state index contributed by atoms with van der Waals surface area (Å²) in [5, 5.41) is 6.17. The number of carbonyl (C=O) groups is 2. The highest BCUT2D eigenvalue weighted by Gasteiger charge is 2.37. The molecule has 0 radical (unpaired) electrons. The summed E-state index contributed by atoms with van der Waals surface area (Å²) >= 11 is 1.55. The Kier molecular flexibility index (Phi) is 6.23. The topological polar surface area (TPSA) is 71.1 Å². The third kappa shape index (κ3) is 4.94. The quantitative estimate of drug-likeness (QED) is 0.578. The molecule has 1 unspecified atom stereocenters. The molecule has 1 aliphatic rings. The number of nitrogens with zero attached hydrogens (tertiary/aromatic N) is 1. The second-order valence-electron chi connectivity index (χ2n) is 7.76. The van der Waals surface area contributed by atoms with Crippen LogP contribution in [-0.2, 0) is 22.6 Å². The molecule has 2 heterocycles. The van der Waals surface area contributed by atoms with Crippen LogP contribution in [-0.4, -0.2) is 22.3 Å². The third-order valence-electron chi connectivity index (χ3n) is 5.59. The second-order valence-corrected chi connectivity index (χ2v) is 8.70. The minimum atomic E-state index is -0.338. The molecule has 30 heavy (non-hydrogen) atoms. The first-order valence-electron chi connectivity index (χ1n) is 10.2. The standard InChI is InChI=1S/C24H25N3O2S/c28-21(25-16-20-23(26-17-30-20)19-9-5-2-6-10-19)11-13-24(14-12-22(29)27-24)15-18-7-3-1-4-8-18/h1-10,17H,11-16H2,(H,25,28)(H,27,29). The number of nitrogens with one attached hydrogen (secondary N) is 2.